The number of carbonyl (C=O) groups is 1. The van der Waals surface area contributed by atoms with Crippen LogP contribution in [0.4, 0.5) is 5.69 Å². The van der Waals surface area contributed by atoms with Gasteiger partial charge in [-0.3, -0.25) is 9.10 Å². The van der Waals surface area contributed by atoms with Gasteiger partial charge in [0.2, 0.25) is 0 Å². The van der Waals surface area contributed by atoms with E-state index in [0.29, 0.717) is 17.1 Å². The summed E-state index contributed by atoms with van der Waals surface area (Å²) in [4.78, 5) is 17.7. The lowest BCUT2D eigenvalue weighted by atomic mass is 10.2. The molecule has 1 aromatic heterocycles. The van der Waals surface area contributed by atoms with Crippen molar-refractivity contribution in [2.75, 3.05) is 18.0 Å². The summed E-state index contributed by atoms with van der Waals surface area (Å²) in [6.45, 7) is 2.71. The lowest BCUT2D eigenvalue weighted by Crippen LogP contribution is -2.26. The first-order valence-electron chi connectivity index (χ1n) is 10.8. The summed E-state index contributed by atoms with van der Waals surface area (Å²) >= 11 is 1.33. The first-order chi connectivity index (χ1) is 16.8. The number of amides is 1. The predicted octanol–water partition coefficient (Wildman–Crippen LogP) is 4.30. The molecule has 9 heteroatoms. The number of carbonyl (C=O) groups excluding carboxylic acids is 1. The second kappa shape index (κ2) is 10.2. The fourth-order valence-corrected chi connectivity index (χ4v) is 5.75. The molecule has 178 valence electrons. The summed E-state index contributed by atoms with van der Waals surface area (Å²) in [5.74, 6) is 2.83. The average Bonchev–Trinajstić information content (AvgIpc) is 3.20. The summed E-state index contributed by atoms with van der Waals surface area (Å²) in [5.41, 5.74) is 1.66. The van der Waals surface area contributed by atoms with Gasteiger partial charge in [0, 0.05) is 12.6 Å². The molecule has 0 aliphatic carbocycles. The van der Waals surface area contributed by atoms with Crippen LogP contribution in [-0.4, -0.2) is 32.5 Å². The number of thiazole rings is 1. The van der Waals surface area contributed by atoms with Gasteiger partial charge in [-0.1, -0.05) is 35.5 Å². The fraction of sp³-hybridized carbons (Fsp3) is 0.154. The van der Waals surface area contributed by atoms with E-state index >= 15 is 0 Å². The van der Waals surface area contributed by atoms with Crippen molar-refractivity contribution in [2.24, 2.45) is 4.99 Å². The summed E-state index contributed by atoms with van der Waals surface area (Å²) in [6.07, 6.45) is 5.54. The lowest BCUT2D eigenvalue weighted by Gasteiger charge is -2.19. The minimum atomic E-state index is -3.78. The summed E-state index contributed by atoms with van der Waals surface area (Å²) in [6, 6.07) is 20.1. The average molecular weight is 506 g/mol. The van der Waals surface area contributed by atoms with Crippen molar-refractivity contribution < 1.29 is 17.9 Å². The Kier molecular flexibility index (Phi) is 7.05. The number of hydrogen-bond acceptors (Lipinski definition) is 5. The number of terminal acetylenes is 1. The molecule has 0 bridgehead atoms. The van der Waals surface area contributed by atoms with E-state index in [1.807, 2.05) is 31.2 Å². The molecule has 0 saturated carbocycles. The highest BCUT2D eigenvalue weighted by molar-refractivity contribution is 7.92. The number of hydrogen-bond donors (Lipinski definition) is 0. The van der Waals surface area contributed by atoms with Gasteiger partial charge in [0.25, 0.3) is 15.9 Å². The van der Waals surface area contributed by atoms with E-state index in [4.69, 9.17) is 11.2 Å². The summed E-state index contributed by atoms with van der Waals surface area (Å²) in [5, 5.41) is 0. The van der Waals surface area contributed by atoms with Gasteiger partial charge in [0.15, 0.2) is 4.80 Å². The minimum absolute atomic E-state index is 0.0770. The maximum Gasteiger partial charge on any atom is 0.279 e. The van der Waals surface area contributed by atoms with Crippen molar-refractivity contribution in [3.63, 3.8) is 0 Å². The summed E-state index contributed by atoms with van der Waals surface area (Å²) < 4.78 is 35.4. The number of sulfonamides is 1. The number of para-hydroxylation sites is 1. The molecule has 3 aromatic carbocycles. The third kappa shape index (κ3) is 4.99. The molecule has 4 aromatic rings. The van der Waals surface area contributed by atoms with Gasteiger partial charge in [-0.2, -0.15) is 4.99 Å². The first-order valence-corrected chi connectivity index (χ1v) is 13.0. The van der Waals surface area contributed by atoms with Crippen molar-refractivity contribution in [2.45, 2.75) is 18.4 Å². The fourth-order valence-electron chi connectivity index (χ4n) is 3.50. The van der Waals surface area contributed by atoms with Gasteiger partial charge in [-0.15, -0.1) is 6.42 Å². The van der Waals surface area contributed by atoms with Gasteiger partial charge >= 0.3 is 0 Å². The number of benzene rings is 3. The van der Waals surface area contributed by atoms with E-state index in [1.54, 1.807) is 28.8 Å². The van der Waals surface area contributed by atoms with Crippen LogP contribution in [0.2, 0.25) is 0 Å². The highest BCUT2D eigenvalue weighted by Gasteiger charge is 2.21. The SMILES string of the molecule is C#CCn1c(=NC(=O)c2ccc(S(=O)(=O)N(C)c3ccccc3)cc2)sc2cc(OCC)ccc21. The molecule has 1 amide bonds. The molecule has 0 fully saturated rings. The molecule has 35 heavy (non-hydrogen) atoms. The Hall–Kier alpha value is -3.87. The Morgan fingerprint density at radius 2 is 1.83 bits per heavy atom. The van der Waals surface area contributed by atoms with Crippen molar-refractivity contribution in [3.05, 3.63) is 83.2 Å². The molecular weight excluding hydrogens is 482 g/mol. The second-order valence-corrected chi connectivity index (χ2v) is 10.5. The van der Waals surface area contributed by atoms with Gasteiger partial charge in [-0.05, 0) is 61.5 Å². The molecule has 0 saturated heterocycles. The van der Waals surface area contributed by atoms with Crippen LogP contribution in [0.15, 0.2) is 82.7 Å². The van der Waals surface area contributed by atoms with Gasteiger partial charge in [-0.25, -0.2) is 8.42 Å². The van der Waals surface area contributed by atoms with E-state index in [2.05, 4.69) is 10.9 Å². The normalized spacial score (nSPS) is 11.9. The third-order valence-electron chi connectivity index (χ3n) is 5.29. The third-order valence-corrected chi connectivity index (χ3v) is 8.13. The van der Waals surface area contributed by atoms with Crippen LogP contribution in [0.1, 0.15) is 17.3 Å². The van der Waals surface area contributed by atoms with Crippen molar-refractivity contribution in [3.8, 4) is 18.1 Å². The monoisotopic (exact) mass is 505 g/mol. The minimum Gasteiger partial charge on any atom is -0.494 e. The number of fused-ring (bicyclic) bond motifs is 1. The number of aromatic nitrogens is 1. The quantitative estimate of drug-likeness (QED) is 0.351. The molecule has 0 spiro atoms. The molecule has 0 radical (unpaired) electrons. The van der Waals surface area contributed by atoms with E-state index in [-0.39, 0.29) is 17.0 Å². The van der Waals surface area contributed by atoms with E-state index < -0.39 is 15.9 Å². The van der Waals surface area contributed by atoms with Crippen LogP contribution < -0.4 is 13.8 Å². The van der Waals surface area contributed by atoms with Crippen LogP contribution in [0.25, 0.3) is 10.2 Å². The molecule has 0 aliphatic rings. The molecule has 0 unspecified atom stereocenters. The zero-order valence-electron chi connectivity index (χ0n) is 19.2. The second-order valence-electron chi connectivity index (χ2n) is 7.49. The maximum atomic E-state index is 13.0. The van der Waals surface area contributed by atoms with Crippen molar-refractivity contribution >= 4 is 43.2 Å². The molecule has 0 aliphatic heterocycles. The Labute approximate surface area is 208 Å². The van der Waals surface area contributed by atoms with Crippen LogP contribution >= 0.6 is 11.3 Å². The van der Waals surface area contributed by atoms with Gasteiger partial charge in [0.1, 0.15) is 5.75 Å². The molecule has 4 rings (SSSR count). The van der Waals surface area contributed by atoms with E-state index in [1.165, 1.54) is 47.0 Å². The van der Waals surface area contributed by atoms with Crippen LogP contribution in [0.5, 0.6) is 5.75 Å². The zero-order chi connectivity index (χ0) is 25.0. The maximum absolute atomic E-state index is 13.0. The first kappa shape index (κ1) is 24.3. The van der Waals surface area contributed by atoms with Crippen LogP contribution in [-0.2, 0) is 16.6 Å². The highest BCUT2D eigenvalue weighted by Crippen LogP contribution is 2.24. The zero-order valence-corrected chi connectivity index (χ0v) is 20.8. The lowest BCUT2D eigenvalue weighted by molar-refractivity contribution is 0.0998. The highest BCUT2D eigenvalue weighted by atomic mass is 32.2. The Balaban J connectivity index is 1.66. The molecule has 1 heterocycles. The number of rotatable bonds is 7. The largest absolute Gasteiger partial charge is 0.494 e. The molecular formula is C26H23N3O4S2. The number of anilines is 1. The van der Waals surface area contributed by atoms with Crippen molar-refractivity contribution in [1.29, 1.82) is 0 Å². The summed E-state index contributed by atoms with van der Waals surface area (Å²) in [7, 11) is -2.29. The number of ether oxygens (including phenoxy) is 1. The van der Waals surface area contributed by atoms with Crippen LogP contribution in [0, 0.1) is 12.3 Å². The Morgan fingerprint density at radius 3 is 2.49 bits per heavy atom. The standard InChI is InChI=1S/C26H23N3O4S2/c1-4-17-29-23-16-13-21(33-5-2)18-24(23)34-26(29)27-25(30)19-11-14-22(15-12-19)35(31,32)28(3)20-9-7-6-8-10-20/h1,6-16,18H,5,17H2,2-3H3. The Morgan fingerprint density at radius 1 is 1.11 bits per heavy atom. The number of nitrogens with zero attached hydrogens (tertiary/aromatic N) is 3. The smallest absolute Gasteiger partial charge is 0.279 e. The van der Waals surface area contributed by atoms with Gasteiger partial charge < -0.3 is 9.30 Å². The van der Waals surface area contributed by atoms with E-state index in [0.717, 1.165) is 16.0 Å². The topological polar surface area (TPSA) is 81.0 Å². The van der Waals surface area contributed by atoms with Crippen molar-refractivity contribution in [1.82, 2.24) is 4.57 Å². The van der Waals surface area contributed by atoms with Crippen LogP contribution in [0.3, 0.4) is 0 Å². The van der Waals surface area contributed by atoms with Gasteiger partial charge in [0.05, 0.1) is 34.0 Å². The van der Waals surface area contributed by atoms with E-state index in [9.17, 15) is 13.2 Å². The molecule has 0 atom stereocenters. The Bertz CT molecular complexity index is 1580. The molecule has 0 N–H and O–H groups in total. The predicted molar refractivity (Wildman–Crippen MR) is 138 cm³/mol. The molecule has 7 nitrogen and oxygen atoms in total.